The normalized spacial score (nSPS) is 27.1. The molecule has 2 heteroatoms. The lowest BCUT2D eigenvalue weighted by atomic mass is 9.68. The van der Waals surface area contributed by atoms with Crippen molar-refractivity contribution < 1.29 is 0 Å². The topological polar surface area (TPSA) is 29.3 Å². The molecule has 0 aromatic heterocycles. The summed E-state index contributed by atoms with van der Waals surface area (Å²) < 4.78 is 0. The van der Waals surface area contributed by atoms with Crippen molar-refractivity contribution in [2.45, 2.75) is 85.7 Å². The van der Waals surface area contributed by atoms with Crippen LogP contribution in [0.2, 0.25) is 0 Å². The van der Waals surface area contributed by atoms with Crippen LogP contribution in [0.25, 0.3) is 0 Å². The van der Waals surface area contributed by atoms with Crippen LogP contribution in [0.4, 0.5) is 0 Å². The minimum Gasteiger partial charge on any atom is -0.329 e. The Morgan fingerprint density at radius 1 is 1.05 bits per heavy atom. The van der Waals surface area contributed by atoms with Crippen molar-refractivity contribution in [3.8, 4) is 0 Å². The summed E-state index contributed by atoms with van der Waals surface area (Å²) in [6.07, 6.45) is 6.77. The third kappa shape index (κ3) is 5.56. The first-order valence-electron chi connectivity index (χ1n) is 9.08. The van der Waals surface area contributed by atoms with Crippen LogP contribution in [-0.4, -0.2) is 30.6 Å². The van der Waals surface area contributed by atoms with Gasteiger partial charge in [-0.25, -0.2) is 0 Å². The average molecular weight is 297 g/mol. The van der Waals surface area contributed by atoms with Crippen LogP contribution in [0.3, 0.4) is 0 Å². The zero-order valence-corrected chi connectivity index (χ0v) is 15.7. The van der Waals surface area contributed by atoms with Crippen LogP contribution < -0.4 is 5.73 Å². The van der Waals surface area contributed by atoms with E-state index in [9.17, 15) is 0 Å². The first kappa shape index (κ1) is 19.0. The van der Waals surface area contributed by atoms with Crippen molar-refractivity contribution in [3.05, 3.63) is 0 Å². The molecule has 1 rings (SSSR count). The third-order valence-corrected chi connectivity index (χ3v) is 5.81. The fourth-order valence-corrected chi connectivity index (χ4v) is 4.24. The van der Waals surface area contributed by atoms with Crippen LogP contribution in [0.5, 0.6) is 0 Å². The Bertz CT molecular complexity index is 284. The van der Waals surface area contributed by atoms with E-state index in [-0.39, 0.29) is 0 Å². The third-order valence-electron chi connectivity index (χ3n) is 5.81. The molecule has 2 N–H and O–H groups in total. The van der Waals surface area contributed by atoms with E-state index in [2.05, 4.69) is 53.5 Å². The van der Waals surface area contributed by atoms with E-state index in [4.69, 9.17) is 5.73 Å². The number of nitrogens with two attached hydrogens (primary N) is 1. The molecule has 1 saturated carbocycles. The molecule has 0 aliphatic heterocycles. The van der Waals surface area contributed by atoms with Gasteiger partial charge in [0.1, 0.15) is 0 Å². The second-order valence-electron chi connectivity index (χ2n) is 8.92. The molecule has 0 heterocycles. The molecule has 0 aromatic carbocycles. The number of nitrogens with zero attached hydrogens (tertiary/aromatic N) is 1. The highest BCUT2D eigenvalue weighted by atomic mass is 15.2. The molecular weight excluding hydrogens is 256 g/mol. The van der Waals surface area contributed by atoms with Crippen molar-refractivity contribution in [1.29, 1.82) is 0 Å². The van der Waals surface area contributed by atoms with E-state index in [1.807, 2.05) is 0 Å². The summed E-state index contributed by atoms with van der Waals surface area (Å²) in [5, 5.41) is 0. The van der Waals surface area contributed by atoms with Crippen LogP contribution in [0.15, 0.2) is 0 Å². The predicted molar refractivity (Wildman–Crippen MR) is 94.4 cm³/mol. The monoisotopic (exact) mass is 296 g/mol. The molecular formula is C19H40N2. The molecule has 21 heavy (non-hydrogen) atoms. The molecule has 0 saturated heterocycles. The zero-order valence-electron chi connectivity index (χ0n) is 15.7. The Labute approximate surface area is 133 Å². The summed E-state index contributed by atoms with van der Waals surface area (Å²) in [5.41, 5.74) is 6.62. The number of hydrogen-bond donors (Lipinski definition) is 1. The number of rotatable bonds is 6. The van der Waals surface area contributed by atoms with Gasteiger partial charge in [-0.05, 0) is 69.2 Å². The summed E-state index contributed by atoms with van der Waals surface area (Å²) >= 11 is 0. The average Bonchev–Trinajstić information content (AvgIpc) is 2.38. The SMILES string of the molecule is CC(C)CC(C)N(C)C(CN)C1CCC(C(C)(C)C)CC1. The second-order valence-corrected chi connectivity index (χ2v) is 8.92. The molecule has 2 unspecified atom stereocenters. The molecule has 0 amide bonds. The Morgan fingerprint density at radius 2 is 1.57 bits per heavy atom. The van der Waals surface area contributed by atoms with Crippen LogP contribution in [-0.2, 0) is 0 Å². The van der Waals surface area contributed by atoms with Crippen LogP contribution in [0.1, 0.15) is 73.6 Å². The highest BCUT2D eigenvalue weighted by molar-refractivity contribution is 4.88. The van der Waals surface area contributed by atoms with Gasteiger partial charge in [-0.15, -0.1) is 0 Å². The van der Waals surface area contributed by atoms with Crippen molar-refractivity contribution in [1.82, 2.24) is 4.90 Å². The quantitative estimate of drug-likeness (QED) is 0.780. The molecule has 0 aromatic rings. The summed E-state index contributed by atoms with van der Waals surface area (Å²) in [6, 6.07) is 1.21. The highest BCUT2D eigenvalue weighted by Gasteiger charge is 2.34. The first-order chi connectivity index (χ1) is 9.66. The number of hydrogen-bond acceptors (Lipinski definition) is 2. The largest absolute Gasteiger partial charge is 0.329 e. The van der Waals surface area contributed by atoms with Crippen molar-refractivity contribution in [2.75, 3.05) is 13.6 Å². The van der Waals surface area contributed by atoms with Crippen molar-refractivity contribution >= 4 is 0 Å². The first-order valence-corrected chi connectivity index (χ1v) is 9.08. The fraction of sp³-hybridized carbons (Fsp3) is 1.00. The maximum absolute atomic E-state index is 6.15. The van der Waals surface area contributed by atoms with Gasteiger partial charge < -0.3 is 5.73 Å². The van der Waals surface area contributed by atoms with Crippen molar-refractivity contribution in [3.63, 3.8) is 0 Å². The zero-order chi connectivity index (χ0) is 16.2. The van der Waals surface area contributed by atoms with E-state index in [1.54, 1.807) is 0 Å². The number of likely N-dealkylation sites (N-methyl/N-ethyl adjacent to an activating group) is 1. The Balaban J connectivity index is 2.58. The van der Waals surface area contributed by atoms with E-state index in [0.29, 0.717) is 17.5 Å². The molecule has 2 atom stereocenters. The summed E-state index contributed by atoms with van der Waals surface area (Å²) in [4.78, 5) is 2.57. The van der Waals surface area contributed by atoms with E-state index >= 15 is 0 Å². The fourth-order valence-electron chi connectivity index (χ4n) is 4.24. The molecule has 1 fully saturated rings. The lowest BCUT2D eigenvalue weighted by molar-refractivity contribution is 0.0718. The molecule has 2 nitrogen and oxygen atoms in total. The second kappa shape index (κ2) is 7.97. The highest BCUT2D eigenvalue weighted by Crippen LogP contribution is 2.41. The maximum Gasteiger partial charge on any atom is 0.0246 e. The van der Waals surface area contributed by atoms with Gasteiger partial charge in [-0.1, -0.05) is 34.6 Å². The minimum atomic E-state index is 0.472. The van der Waals surface area contributed by atoms with Crippen LogP contribution >= 0.6 is 0 Å². The van der Waals surface area contributed by atoms with Gasteiger partial charge in [-0.2, -0.15) is 0 Å². The molecule has 0 radical (unpaired) electrons. The van der Waals surface area contributed by atoms with E-state index < -0.39 is 0 Å². The van der Waals surface area contributed by atoms with Gasteiger partial charge in [-0.3, -0.25) is 4.90 Å². The van der Waals surface area contributed by atoms with Gasteiger partial charge in [0, 0.05) is 18.6 Å². The molecule has 126 valence electrons. The smallest absolute Gasteiger partial charge is 0.0246 e. The lowest BCUT2D eigenvalue weighted by Crippen LogP contribution is -2.49. The van der Waals surface area contributed by atoms with Crippen molar-refractivity contribution in [2.24, 2.45) is 28.9 Å². The Morgan fingerprint density at radius 3 is 1.95 bits per heavy atom. The Hall–Kier alpha value is -0.0800. The molecule has 1 aliphatic carbocycles. The predicted octanol–water partition coefficient (Wildman–Crippen LogP) is 4.53. The Kier molecular flexibility index (Phi) is 7.19. The van der Waals surface area contributed by atoms with E-state index in [1.165, 1.54) is 32.1 Å². The van der Waals surface area contributed by atoms with Gasteiger partial charge in [0.25, 0.3) is 0 Å². The summed E-state index contributed by atoms with van der Waals surface area (Å²) in [6.45, 7) is 15.0. The molecule has 0 spiro atoms. The standard InChI is InChI=1S/C19H40N2/c1-14(2)12-15(3)21(7)18(13-20)16-8-10-17(11-9-16)19(4,5)6/h14-18H,8-13,20H2,1-7H3. The van der Waals surface area contributed by atoms with Gasteiger partial charge >= 0.3 is 0 Å². The summed E-state index contributed by atoms with van der Waals surface area (Å²) in [7, 11) is 2.29. The van der Waals surface area contributed by atoms with E-state index in [0.717, 1.165) is 24.3 Å². The molecule has 1 aliphatic rings. The molecule has 0 bridgehead atoms. The minimum absolute atomic E-state index is 0.472. The van der Waals surface area contributed by atoms with Gasteiger partial charge in [0.2, 0.25) is 0 Å². The van der Waals surface area contributed by atoms with Gasteiger partial charge in [0.15, 0.2) is 0 Å². The lowest BCUT2D eigenvalue weighted by Gasteiger charge is -2.43. The van der Waals surface area contributed by atoms with Crippen LogP contribution in [0, 0.1) is 23.2 Å². The van der Waals surface area contributed by atoms with Gasteiger partial charge in [0.05, 0.1) is 0 Å². The maximum atomic E-state index is 6.15. The summed E-state index contributed by atoms with van der Waals surface area (Å²) in [5.74, 6) is 2.45.